The Balaban J connectivity index is 2.10. The number of phenols is 1. The van der Waals surface area contributed by atoms with E-state index in [-0.39, 0.29) is 11.4 Å². The topological polar surface area (TPSA) is 78.4 Å². The minimum Gasteiger partial charge on any atom is -0.506 e. The lowest BCUT2D eigenvalue weighted by atomic mass is 10.1. The molecule has 0 saturated heterocycles. The molecule has 0 unspecified atom stereocenters. The van der Waals surface area contributed by atoms with Gasteiger partial charge in [-0.3, -0.25) is 9.59 Å². The van der Waals surface area contributed by atoms with Gasteiger partial charge in [0.1, 0.15) is 5.75 Å². The number of hydrogen-bond acceptors (Lipinski definition) is 3. The second kappa shape index (κ2) is 6.09. The van der Waals surface area contributed by atoms with E-state index in [2.05, 4.69) is 10.6 Å². The maximum atomic E-state index is 11.9. The van der Waals surface area contributed by atoms with Crippen LogP contribution in [0.4, 0.5) is 11.4 Å². The van der Waals surface area contributed by atoms with Gasteiger partial charge in [-0.1, -0.05) is 30.3 Å². The van der Waals surface area contributed by atoms with E-state index < -0.39 is 11.8 Å². The van der Waals surface area contributed by atoms with Gasteiger partial charge in [-0.2, -0.15) is 0 Å². The van der Waals surface area contributed by atoms with Gasteiger partial charge in [-0.25, -0.2) is 0 Å². The van der Waals surface area contributed by atoms with Crippen LogP contribution in [0.15, 0.2) is 42.5 Å². The van der Waals surface area contributed by atoms with Gasteiger partial charge in [-0.15, -0.1) is 0 Å². The van der Waals surface area contributed by atoms with Crippen molar-refractivity contribution in [3.05, 3.63) is 53.6 Å². The molecule has 0 spiro atoms. The highest BCUT2D eigenvalue weighted by molar-refractivity contribution is 6.43. The number of para-hydroxylation sites is 3. The van der Waals surface area contributed by atoms with Crippen LogP contribution < -0.4 is 10.6 Å². The number of carbonyl (C=O) groups excluding carboxylic acids is 2. The number of carbonyl (C=O) groups is 2. The number of rotatable bonds is 2. The Kier molecular flexibility index (Phi) is 4.23. The van der Waals surface area contributed by atoms with Crippen molar-refractivity contribution in [2.75, 3.05) is 10.6 Å². The predicted octanol–water partition coefficient (Wildman–Crippen LogP) is 2.59. The average molecular weight is 284 g/mol. The Morgan fingerprint density at radius 1 is 0.857 bits per heavy atom. The van der Waals surface area contributed by atoms with E-state index >= 15 is 0 Å². The summed E-state index contributed by atoms with van der Waals surface area (Å²) in [4.78, 5) is 23.8. The zero-order valence-electron chi connectivity index (χ0n) is 11.8. The number of amides is 2. The first kappa shape index (κ1) is 14.6. The molecule has 0 aliphatic rings. The summed E-state index contributed by atoms with van der Waals surface area (Å²) in [6.07, 6.45) is 0. The van der Waals surface area contributed by atoms with Crippen LogP contribution >= 0.6 is 0 Å². The summed E-state index contributed by atoms with van der Waals surface area (Å²) in [5, 5.41) is 14.5. The van der Waals surface area contributed by atoms with Crippen LogP contribution in [0.1, 0.15) is 11.1 Å². The highest BCUT2D eigenvalue weighted by Crippen LogP contribution is 2.22. The molecule has 0 heterocycles. The van der Waals surface area contributed by atoms with E-state index in [1.807, 2.05) is 32.0 Å². The summed E-state index contributed by atoms with van der Waals surface area (Å²) in [5.74, 6) is -1.71. The lowest BCUT2D eigenvalue weighted by Crippen LogP contribution is -2.29. The minimum atomic E-state index is -0.834. The number of hydrogen-bond donors (Lipinski definition) is 3. The van der Waals surface area contributed by atoms with Crippen molar-refractivity contribution in [1.29, 1.82) is 0 Å². The van der Waals surface area contributed by atoms with Crippen molar-refractivity contribution >= 4 is 23.2 Å². The second-order valence-corrected chi connectivity index (χ2v) is 4.69. The molecular formula is C16H16N2O3. The van der Waals surface area contributed by atoms with Crippen molar-refractivity contribution in [1.82, 2.24) is 0 Å². The highest BCUT2D eigenvalue weighted by atomic mass is 16.3. The van der Waals surface area contributed by atoms with Gasteiger partial charge in [-0.05, 0) is 37.1 Å². The summed E-state index contributed by atoms with van der Waals surface area (Å²) < 4.78 is 0. The molecule has 0 fully saturated rings. The molecule has 0 radical (unpaired) electrons. The Morgan fingerprint density at radius 2 is 1.43 bits per heavy atom. The van der Waals surface area contributed by atoms with Crippen molar-refractivity contribution in [3.63, 3.8) is 0 Å². The van der Waals surface area contributed by atoms with Gasteiger partial charge < -0.3 is 15.7 Å². The number of nitrogens with one attached hydrogen (secondary N) is 2. The van der Waals surface area contributed by atoms with Crippen LogP contribution in [0, 0.1) is 13.8 Å². The predicted molar refractivity (Wildman–Crippen MR) is 81.3 cm³/mol. The normalized spacial score (nSPS) is 10.0. The third kappa shape index (κ3) is 3.39. The first-order chi connectivity index (χ1) is 9.99. The van der Waals surface area contributed by atoms with Gasteiger partial charge in [0.25, 0.3) is 0 Å². The molecular weight excluding hydrogens is 268 g/mol. The lowest BCUT2D eigenvalue weighted by molar-refractivity contribution is -0.133. The van der Waals surface area contributed by atoms with Crippen LogP contribution in [0.3, 0.4) is 0 Å². The molecule has 0 aliphatic carbocycles. The molecule has 21 heavy (non-hydrogen) atoms. The summed E-state index contributed by atoms with van der Waals surface area (Å²) in [6.45, 7) is 3.70. The minimum absolute atomic E-state index is 0.0919. The molecule has 0 atom stereocenters. The quantitative estimate of drug-likeness (QED) is 0.586. The molecule has 0 saturated carbocycles. The van der Waals surface area contributed by atoms with E-state index in [9.17, 15) is 14.7 Å². The number of aryl methyl sites for hydroxylation is 2. The smallest absolute Gasteiger partial charge is 0.314 e. The molecule has 108 valence electrons. The third-order valence-corrected chi connectivity index (χ3v) is 3.08. The van der Waals surface area contributed by atoms with Crippen molar-refractivity contribution in [3.8, 4) is 5.75 Å². The SMILES string of the molecule is Cc1cccc(C)c1NC(=O)C(=O)Nc1ccccc1O. The van der Waals surface area contributed by atoms with E-state index in [0.717, 1.165) is 11.1 Å². The van der Waals surface area contributed by atoms with E-state index in [0.29, 0.717) is 5.69 Å². The summed E-state index contributed by atoms with van der Waals surface area (Å²) in [6, 6.07) is 11.8. The first-order valence-electron chi connectivity index (χ1n) is 6.45. The van der Waals surface area contributed by atoms with Crippen molar-refractivity contribution in [2.45, 2.75) is 13.8 Å². The fraction of sp³-hybridized carbons (Fsp3) is 0.125. The van der Waals surface area contributed by atoms with Crippen molar-refractivity contribution < 1.29 is 14.7 Å². The molecule has 0 bridgehead atoms. The summed E-state index contributed by atoms with van der Waals surface area (Å²) >= 11 is 0. The molecule has 5 heteroatoms. The zero-order chi connectivity index (χ0) is 15.4. The summed E-state index contributed by atoms with van der Waals surface area (Å²) in [7, 11) is 0. The molecule has 5 nitrogen and oxygen atoms in total. The van der Waals surface area contributed by atoms with Gasteiger partial charge in [0.2, 0.25) is 0 Å². The van der Waals surface area contributed by atoms with Crippen LogP contribution in [-0.4, -0.2) is 16.9 Å². The monoisotopic (exact) mass is 284 g/mol. The number of benzene rings is 2. The average Bonchev–Trinajstić information content (AvgIpc) is 2.45. The number of aromatic hydroxyl groups is 1. The van der Waals surface area contributed by atoms with Crippen LogP contribution in [0.25, 0.3) is 0 Å². The largest absolute Gasteiger partial charge is 0.506 e. The highest BCUT2D eigenvalue weighted by Gasteiger charge is 2.17. The maximum Gasteiger partial charge on any atom is 0.314 e. The molecule has 0 aromatic heterocycles. The Hall–Kier alpha value is -2.82. The summed E-state index contributed by atoms with van der Waals surface area (Å²) in [5.41, 5.74) is 2.56. The van der Waals surface area contributed by atoms with Crippen LogP contribution in [-0.2, 0) is 9.59 Å². The van der Waals surface area contributed by atoms with E-state index in [4.69, 9.17) is 0 Å². The van der Waals surface area contributed by atoms with Crippen LogP contribution in [0.5, 0.6) is 5.75 Å². The molecule has 2 amide bonds. The molecule has 2 aromatic carbocycles. The first-order valence-corrected chi connectivity index (χ1v) is 6.45. The molecule has 2 aromatic rings. The van der Waals surface area contributed by atoms with Gasteiger partial charge in [0, 0.05) is 5.69 Å². The fourth-order valence-electron chi connectivity index (χ4n) is 1.94. The fourth-order valence-corrected chi connectivity index (χ4v) is 1.94. The number of anilines is 2. The molecule has 2 rings (SSSR count). The Morgan fingerprint density at radius 3 is 2.05 bits per heavy atom. The van der Waals surface area contributed by atoms with E-state index in [1.165, 1.54) is 12.1 Å². The number of phenolic OH excluding ortho intramolecular Hbond substituents is 1. The van der Waals surface area contributed by atoms with Gasteiger partial charge >= 0.3 is 11.8 Å². The molecule has 0 aliphatic heterocycles. The van der Waals surface area contributed by atoms with E-state index in [1.54, 1.807) is 12.1 Å². The Labute approximate surface area is 122 Å². The van der Waals surface area contributed by atoms with Crippen molar-refractivity contribution in [2.24, 2.45) is 0 Å². The van der Waals surface area contributed by atoms with Crippen LogP contribution in [0.2, 0.25) is 0 Å². The van der Waals surface area contributed by atoms with Gasteiger partial charge in [0.15, 0.2) is 0 Å². The lowest BCUT2D eigenvalue weighted by Gasteiger charge is -2.11. The maximum absolute atomic E-state index is 11.9. The van der Waals surface area contributed by atoms with Gasteiger partial charge in [0.05, 0.1) is 5.69 Å². The third-order valence-electron chi connectivity index (χ3n) is 3.08. The second-order valence-electron chi connectivity index (χ2n) is 4.69. The zero-order valence-corrected chi connectivity index (χ0v) is 11.8. The Bertz CT molecular complexity index is 675. The standard InChI is InChI=1S/C16H16N2O3/c1-10-6-5-7-11(2)14(10)18-16(21)15(20)17-12-8-3-4-9-13(12)19/h3-9,19H,1-2H3,(H,17,20)(H,18,21). The molecule has 3 N–H and O–H groups in total.